The molecule has 0 aromatic heterocycles. The van der Waals surface area contributed by atoms with Gasteiger partial charge < -0.3 is 57.6 Å². The lowest BCUT2D eigenvalue weighted by molar-refractivity contribution is -0.159. The quantitative estimate of drug-likeness (QED) is 0.221. The first-order valence-corrected chi connectivity index (χ1v) is 24.2. The van der Waals surface area contributed by atoms with Crippen molar-refractivity contribution in [2.24, 2.45) is 57.2 Å². The molecule has 6 unspecified atom stereocenters. The number of cyclic esters (lactones) is 4. The average molecular weight is 977 g/mol. The van der Waals surface area contributed by atoms with Crippen LogP contribution in [0.15, 0.2) is 0 Å². The molecule has 1 fully saturated rings. The number of hydrogen-bond donors (Lipinski definition) is 2. The Morgan fingerprint density at radius 3 is 0.809 bits per heavy atom. The van der Waals surface area contributed by atoms with Crippen molar-refractivity contribution >= 4 is 35.8 Å². The van der Waals surface area contributed by atoms with Gasteiger partial charge in [0.1, 0.15) is 26.4 Å². The minimum Gasteiger partial charge on any atom is -0.481 e. The largest absolute Gasteiger partial charge is 0.481 e. The molecule has 2 N–H and O–H groups in total. The first-order chi connectivity index (χ1) is 31.6. The van der Waals surface area contributed by atoms with Crippen molar-refractivity contribution in [3.63, 3.8) is 0 Å². The molecule has 0 bridgehead atoms. The fourth-order valence-corrected chi connectivity index (χ4v) is 7.79. The molecule has 0 radical (unpaired) electrons. The van der Waals surface area contributed by atoms with Gasteiger partial charge in [-0.25, -0.2) is 0 Å². The van der Waals surface area contributed by atoms with E-state index in [0.29, 0.717) is 12.8 Å². The number of carbonyl (C=O) groups is 6. The number of esters is 4. The van der Waals surface area contributed by atoms with Crippen molar-refractivity contribution in [1.29, 1.82) is 0 Å². The van der Waals surface area contributed by atoms with E-state index >= 15 is 0 Å². The molecule has 18 nitrogen and oxygen atoms in total. The fourth-order valence-electron chi connectivity index (χ4n) is 7.79. The van der Waals surface area contributed by atoms with Gasteiger partial charge in [0.05, 0.1) is 115 Å². The third-order valence-electron chi connectivity index (χ3n) is 11.3. The minimum atomic E-state index is -1.12. The fraction of sp³-hybridized carbons (Fsp3) is 0.880. The maximum absolute atomic E-state index is 13.4. The van der Waals surface area contributed by atoms with E-state index in [0.717, 1.165) is 0 Å². The number of aliphatic carboxylic acids is 2. The number of carbonyl (C=O) groups excluding carboxylic acids is 4. The second-order valence-corrected chi connectivity index (χ2v) is 22.1. The zero-order valence-corrected chi connectivity index (χ0v) is 43.4. The Bertz CT molecular complexity index is 1380. The van der Waals surface area contributed by atoms with Gasteiger partial charge in [-0.3, -0.25) is 28.8 Å². The molecule has 0 saturated carbocycles. The third kappa shape index (κ3) is 28.9. The molecule has 0 aromatic carbocycles. The van der Waals surface area contributed by atoms with E-state index in [4.69, 9.17) is 47.4 Å². The van der Waals surface area contributed by atoms with E-state index in [1.54, 1.807) is 0 Å². The van der Waals surface area contributed by atoms with Crippen LogP contribution in [0.1, 0.15) is 122 Å². The van der Waals surface area contributed by atoms with Gasteiger partial charge in [0.2, 0.25) is 0 Å². The molecule has 6 atom stereocenters. The molecular formula is C50H88O18. The zero-order valence-electron chi connectivity index (χ0n) is 43.4. The van der Waals surface area contributed by atoms with Crippen molar-refractivity contribution in [3.05, 3.63) is 0 Å². The molecule has 1 saturated heterocycles. The number of hydrogen-bond acceptors (Lipinski definition) is 16. The Labute approximate surface area is 405 Å². The number of rotatable bonds is 4. The molecule has 18 heteroatoms. The van der Waals surface area contributed by atoms with E-state index < -0.39 is 82.2 Å². The van der Waals surface area contributed by atoms with E-state index in [1.807, 2.05) is 83.1 Å². The van der Waals surface area contributed by atoms with Crippen LogP contribution in [0.25, 0.3) is 0 Å². The highest BCUT2D eigenvalue weighted by atomic mass is 16.6. The number of carboxylic acids is 2. The lowest BCUT2D eigenvalue weighted by atomic mass is 9.73. The summed E-state index contributed by atoms with van der Waals surface area (Å²) in [6.45, 7) is 24.8. The number of carboxylic acid groups (broad SMARTS) is 2. The number of ether oxygens (including phenoxy) is 10. The van der Waals surface area contributed by atoms with Crippen LogP contribution in [-0.2, 0) is 76.1 Å². The molecule has 68 heavy (non-hydrogen) atoms. The minimum absolute atomic E-state index is 0.0189. The van der Waals surface area contributed by atoms with Gasteiger partial charge >= 0.3 is 35.8 Å². The summed E-state index contributed by atoms with van der Waals surface area (Å²) in [5.41, 5.74) is -1.93. The monoisotopic (exact) mass is 977 g/mol. The molecule has 1 rings (SSSR count). The zero-order chi connectivity index (χ0) is 51.6. The summed E-state index contributed by atoms with van der Waals surface area (Å²) in [4.78, 5) is 78.8. The third-order valence-corrected chi connectivity index (χ3v) is 11.3. The summed E-state index contributed by atoms with van der Waals surface area (Å²) < 4.78 is 55.6. The highest BCUT2D eigenvalue weighted by Crippen LogP contribution is 2.38. The highest BCUT2D eigenvalue weighted by molar-refractivity contribution is 5.78. The topological polar surface area (TPSA) is 235 Å². The molecule has 0 aliphatic carbocycles. The van der Waals surface area contributed by atoms with Crippen LogP contribution < -0.4 is 0 Å². The van der Waals surface area contributed by atoms with Crippen LogP contribution in [0, 0.1) is 57.2 Å². The van der Waals surface area contributed by atoms with Crippen molar-refractivity contribution in [2.45, 2.75) is 122 Å². The first-order valence-electron chi connectivity index (χ1n) is 24.2. The summed E-state index contributed by atoms with van der Waals surface area (Å²) in [5.74, 6) is -9.48. The summed E-state index contributed by atoms with van der Waals surface area (Å²) >= 11 is 0. The molecule has 1 heterocycles. The predicted octanol–water partition coefficient (Wildman–Crippen LogP) is 6.66. The SMILES string of the molecule is CC(C)(C)CC1CC(C(=O)O)CC(C(C)(C)C)C(=O)OCCOCCOCCOCCOC(=O)C(C(C)(C)C)CC(C(=O)O)CC(CC(C)(C)C)C(=O)OCCOCCOCCOCCOC1=O. The van der Waals surface area contributed by atoms with Crippen LogP contribution in [0.4, 0.5) is 0 Å². The van der Waals surface area contributed by atoms with Gasteiger partial charge in [0.25, 0.3) is 0 Å². The van der Waals surface area contributed by atoms with Gasteiger partial charge in [-0.1, -0.05) is 83.1 Å². The summed E-state index contributed by atoms with van der Waals surface area (Å²) in [7, 11) is 0. The second-order valence-electron chi connectivity index (χ2n) is 22.1. The lowest BCUT2D eigenvalue weighted by Gasteiger charge is -2.32. The predicted molar refractivity (Wildman–Crippen MR) is 250 cm³/mol. The molecule has 1 aliphatic rings. The smallest absolute Gasteiger partial charge is 0.309 e. The normalized spacial score (nSPS) is 26.2. The van der Waals surface area contributed by atoms with Crippen molar-refractivity contribution in [2.75, 3.05) is 106 Å². The Morgan fingerprint density at radius 2 is 0.603 bits per heavy atom. The van der Waals surface area contributed by atoms with Crippen LogP contribution in [0.3, 0.4) is 0 Å². The first kappa shape index (κ1) is 62.6. The van der Waals surface area contributed by atoms with Gasteiger partial charge in [-0.2, -0.15) is 0 Å². The van der Waals surface area contributed by atoms with Crippen LogP contribution in [0.2, 0.25) is 0 Å². The molecular weight excluding hydrogens is 889 g/mol. The molecule has 1 aliphatic heterocycles. The summed E-state index contributed by atoms with van der Waals surface area (Å²) in [6, 6.07) is 0. The van der Waals surface area contributed by atoms with Gasteiger partial charge in [0, 0.05) is 0 Å². The molecule has 0 spiro atoms. The maximum Gasteiger partial charge on any atom is 0.309 e. The van der Waals surface area contributed by atoms with E-state index in [1.165, 1.54) is 0 Å². The van der Waals surface area contributed by atoms with Crippen molar-refractivity contribution < 1.29 is 86.3 Å². The summed E-state index contributed by atoms with van der Waals surface area (Å²) in [6.07, 6.45) is 0.635. The Morgan fingerprint density at radius 1 is 0.382 bits per heavy atom. The molecule has 0 aromatic rings. The molecule has 396 valence electrons. The average Bonchev–Trinajstić information content (AvgIpc) is 3.20. The Balaban J connectivity index is 3.05. The van der Waals surface area contributed by atoms with Gasteiger partial charge in [-0.15, -0.1) is 0 Å². The van der Waals surface area contributed by atoms with Crippen LogP contribution in [-0.4, -0.2) is 152 Å². The van der Waals surface area contributed by atoms with Gasteiger partial charge in [-0.05, 0) is 60.2 Å². The van der Waals surface area contributed by atoms with Crippen molar-refractivity contribution in [1.82, 2.24) is 0 Å². The van der Waals surface area contributed by atoms with Crippen molar-refractivity contribution in [3.8, 4) is 0 Å². The Kier molecular flexibility index (Phi) is 29.2. The Hall–Kier alpha value is -3.42. The summed E-state index contributed by atoms with van der Waals surface area (Å²) in [5, 5.41) is 20.6. The highest BCUT2D eigenvalue weighted by Gasteiger charge is 2.41. The maximum atomic E-state index is 13.4. The van der Waals surface area contributed by atoms with Gasteiger partial charge in [0.15, 0.2) is 0 Å². The lowest BCUT2D eigenvalue weighted by Crippen LogP contribution is -2.36. The second kappa shape index (κ2) is 31.7. The molecule has 0 amide bonds. The van der Waals surface area contributed by atoms with Crippen LogP contribution in [0.5, 0.6) is 0 Å². The van der Waals surface area contributed by atoms with E-state index in [-0.39, 0.29) is 142 Å². The standard InChI is InChI=1S/C50H88O18/c1-47(2,3)33-37-29-35(41(51)52)31-39(49(7,8)9)45(57)67-27-23-63-19-15-60-16-20-64-24-28-68-46(58)40(50(10,11)12)32-36(42(53)54)30-38(34-48(4,5)6)44(56)66-26-22-62-18-14-59-13-17-61-21-25-65-43(37)55/h35-40H,13-34H2,1-12H3,(H,51,52)(H,53,54). The van der Waals surface area contributed by atoms with E-state index in [2.05, 4.69) is 0 Å². The van der Waals surface area contributed by atoms with E-state index in [9.17, 15) is 39.0 Å². The van der Waals surface area contributed by atoms with Crippen LogP contribution >= 0.6 is 0 Å².